The number of non-ortho nitro benzene ring substituents is 1. The molecular formula is C18H10F7N3O4. The van der Waals surface area contributed by atoms with E-state index in [0.717, 1.165) is 0 Å². The predicted molar refractivity (Wildman–Crippen MR) is 93.3 cm³/mol. The number of nitrogens with zero attached hydrogens (tertiary/aromatic N) is 3. The average Bonchev–Trinajstić information content (AvgIpc) is 3.11. The van der Waals surface area contributed by atoms with Crippen LogP contribution in [0, 0.1) is 10.1 Å². The molecule has 2 aromatic carbocycles. The monoisotopic (exact) mass is 465 g/mol. The number of nitro benzene ring substituents is 1. The second-order valence-electron chi connectivity index (χ2n) is 6.35. The molecule has 1 heterocycles. The second kappa shape index (κ2) is 8.09. The number of alkyl halides is 7. The highest BCUT2D eigenvalue weighted by Gasteiger charge is 2.49. The van der Waals surface area contributed by atoms with Gasteiger partial charge in [-0.1, -0.05) is 30.3 Å². The van der Waals surface area contributed by atoms with Crippen molar-refractivity contribution in [3.05, 3.63) is 69.5 Å². The number of carbonyl (C=O) groups is 1. The maximum atomic E-state index is 14.1. The summed E-state index contributed by atoms with van der Waals surface area (Å²) >= 11 is 0. The summed E-state index contributed by atoms with van der Waals surface area (Å²) in [5.41, 5.74) is -5.00. The Balaban J connectivity index is 2.25. The van der Waals surface area contributed by atoms with Gasteiger partial charge in [-0.15, -0.1) is 0 Å². The maximum absolute atomic E-state index is 14.1. The molecule has 0 saturated heterocycles. The molecule has 0 radical (unpaired) electrons. The quantitative estimate of drug-likeness (QED) is 0.282. The third kappa shape index (κ3) is 4.20. The lowest BCUT2D eigenvalue weighted by atomic mass is 10.1. The summed E-state index contributed by atoms with van der Waals surface area (Å²) in [6, 6.07) is 7.70. The number of benzene rings is 2. The Morgan fingerprint density at radius 3 is 2.28 bits per heavy atom. The van der Waals surface area contributed by atoms with Crippen LogP contribution in [0.1, 0.15) is 17.0 Å². The van der Waals surface area contributed by atoms with Gasteiger partial charge in [0.2, 0.25) is 0 Å². The third-order valence-corrected chi connectivity index (χ3v) is 4.22. The van der Waals surface area contributed by atoms with Crippen molar-refractivity contribution in [2.45, 2.75) is 25.1 Å². The Kier molecular flexibility index (Phi) is 5.80. The maximum Gasteiger partial charge on any atom is 0.420 e. The summed E-state index contributed by atoms with van der Waals surface area (Å²) in [6.45, 7) is -0.555. The Hall–Kier alpha value is -3.71. The zero-order valence-electron chi connectivity index (χ0n) is 15.4. The predicted octanol–water partition coefficient (Wildman–Crippen LogP) is 5.51. The van der Waals surface area contributed by atoms with Gasteiger partial charge < -0.3 is 4.74 Å². The molecular weight excluding hydrogens is 455 g/mol. The van der Waals surface area contributed by atoms with Crippen LogP contribution >= 0.6 is 0 Å². The topological polar surface area (TPSA) is 87.3 Å². The van der Waals surface area contributed by atoms with Crippen molar-refractivity contribution in [1.82, 2.24) is 9.55 Å². The van der Waals surface area contributed by atoms with Gasteiger partial charge in [-0.3, -0.25) is 10.1 Å². The summed E-state index contributed by atoms with van der Waals surface area (Å²) in [5.74, 6) is -7.14. The fourth-order valence-electron chi connectivity index (χ4n) is 2.75. The number of rotatable bonds is 5. The number of nitro groups is 1. The zero-order valence-corrected chi connectivity index (χ0v) is 15.4. The largest absolute Gasteiger partial charge is 0.444 e. The Morgan fingerprint density at radius 1 is 1.12 bits per heavy atom. The van der Waals surface area contributed by atoms with Crippen LogP contribution in [0.5, 0.6) is 0 Å². The van der Waals surface area contributed by atoms with Crippen LogP contribution in [0.25, 0.3) is 11.0 Å². The van der Waals surface area contributed by atoms with Crippen LogP contribution < -0.4 is 0 Å². The second-order valence-corrected chi connectivity index (χ2v) is 6.35. The molecule has 0 aliphatic carbocycles. The normalized spacial score (nSPS) is 12.4. The van der Waals surface area contributed by atoms with E-state index in [9.17, 15) is 45.6 Å². The first kappa shape index (κ1) is 23.0. The number of halogens is 7. The molecule has 0 fully saturated rings. The van der Waals surface area contributed by atoms with Gasteiger partial charge in [0.1, 0.15) is 6.61 Å². The Bertz CT molecular complexity index is 1180. The fraction of sp³-hybridized carbons (Fsp3) is 0.222. The highest BCUT2D eigenvalue weighted by atomic mass is 19.4. The average molecular weight is 465 g/mol. The highest BCUT2D eigenvalue weighted by molar-refractivity contribution is 5.93. The summed E-state index contributed by atoms with van der Waals surface area (Å²) < 4.78 is 98.3. The molecule has 3 aromatic rings. The number of aromatic nitrogens is 2. The van der Waals surface area contributed by atoms with Crippen molar-refractivity contribution in [1.29, 1.82) is 0 Å². The number of carbonyl (C=O) groups excluding carboxylic acids is 1. The van der Waals surface area contributed by atoms with E-state index >= 15 is 0 Å². The SMILES string of the molecule is O=C(OCc1ccccc1)n1c(C(F)(F)C(F)F)nc2c([N+](=O)[O-])cc(C(F)(F)F)cc21. The van der Waals surface area contributed by atoms with Crippen molar-refractivity contribution < 1.29 is 45.2 Å². The van der Waals surface area contributed by atoms with E-state index in [-0.39, 0.29) is 16.7 Å². The molecule has 0 saturated carbocycles. The molecule has 0 aliphatic heterocycles. The third-order valence-electron chi connectivity index (χ3n) is 4.22. The van der Waals surface area contributed by atoms with Crippen molar-refractivity contribution in [2.24, 2.45) is 0 Å². The van der Waals surface area contributed by atoms with Crippen LogP contribution in [0.2, 0.25) is 0 Å². The smallest absolute Gasteiger partial charge is 0.420 e. The molecule has 7 nitrogen and oxygen atoms in total. The first-order valence-electron chi connectivity index (χ1n) is 8.49. The van der Waals surface area contributed by atoms with E-state index in [4.69, 9.17) is 4.74 Å². The fourth-order valence-corrected chi connectivity index (χ4v) is 2.75. The van der Waals surface area contributed by atoms with E-state index in [1.807, 2.05) is 0 Å². The van der Waals surface area contributed by atoms with E-state index < -0.39 is 64.3 Å². The molecule has 0 bridgehead atoms. The molecule has 3 rings (SSSR count). The van der Waals surface area contributed by atoms with E-state index in [1.165, 1.54) is 24.3 Å². The summed E-state index contributed by atoms with van der Waals surface area (Å²) in [4.78, 5) is 25.4. The summed E-state index contributed by atoms with van der Waals surface area (Å²) in [6.07, 6.45) is -11.4. The summed E-state index contributed by atoms with van der Waals surface area (Å²) in [5, 5.41) is 11.2. The van der Waals surface area contributed by atoms with Crippen LogP contribution in [0.15, 0.2) is 42.5 Å². The van der Waals surface area contributed by atoms with Crippen LogP contribution in [0.3, 0.4) is 0 Å². The molecule has 0 aliphatic rings. The standard InChI is InChI=1S/C18H10F7N3O4/c19-14(20)17(21,22)15-26-13-11(6-10(18(23,24)25)7-12(13)28(30)31)27(15)16(29)32-8-9-4-2-1-3-5-9/h1-7,14H,8H2. The van der Waals surface area contributed by atoms with E-state index in [0.29, 0.717) is 5.56 Å². The van der Waals surface area contributed by atoms with Gasteiger partial charge in [-0.25, -0.2) is 23.1 Å². The van der Waals surface area contributed by atoms with Gasteiger partial charge in [0.05, 0.1) is 16.0 Å². The number of hydrogen-bond acceptors (Lipinski definition) is 5. The Labute approximate surface area is 173 Å². The van der Waals surface area contributed by atoms with Gasteiger partial charge in [0, 0.05) is 6.07 Å². The minimum absolute atomic E-state index is 0.000722. The number of hydrogen-bond donors (Lipinski definition) is 0. The minimum atomic E-state index is -5.19. The van der Waals surface area contributed by atoms with E-state index in [1.54, 1.807) is 6.07 Å². The van der Waals surface area contributed by atoms with Crippen molar-refractivity contribution in [3.8, 4) is 0 Å². The lowest BCUT2D eigenvalue weighted by Gasteiger charge is -2.16. The molecule has 0 N–H and O–H groups in total. The number of fused-ring (bicyclic) bond motifs is 1. The summed E-state index contributed by atoms with van der Waals surface area (Å²) in [7, 11) is 0. The lowest BCUT2D eigenvalue weighted by Crippen LogP contribution is -2.30. The first-order chi connectivity index (χ1) is 14.8. The minimum Gasteiger partial charge on any atom is -0.444 e. The molecule has 0 unspecified atom stereocenters. The lowest BCUT2D eigenvalue weighted by molar-refractivity contribution is -0.383. The molecule has 32 heavy (non-hydrogen) atoms. The van der Waals surface area contributed by atoms with Crippen LogP contribution in [-0.2, 0) is 23.4 Å². The van der Waals surface area contributed by atoms with Gasteiger partial charge in [-0.05, 0) is 11.6 Å². The molecule has 14 heteroatoms. The van der Waals surface area contributed by atoms with Crippen LogP contribution in [0.4, 0.5) is 41.2 Å². The highest BCUT2D eigenvalue weighted by Crippen LogP contribution is 2.40. The van der Waals surface area contributed by atoms with Gasteiger partial charge in [0.15, 0.2) is 11.3 Å². The van der Waals surface area contributed by atoms with Crippen molar-refractivity contribution in [3.63, 3.8) is 0 Å². The van der Waals surface area contributed by atoms with Crippen LogP contribution in [-0.4, -0.2) is 27.0 Å². The Morgan fingerprint density at radius 2 is 1.75 bits per heavy atom. The first-order valence-corrected chi connectivity index (χ1v) is 8.49. The van der Waals surface area contributed by atoms with Gasteiger partial charge in [-0.2, -0.15) is 22.0 Å². The number of ether oxygens (including phenoxy) is 1. The number of imidazole rings is 1. The zero-order chi connectivity index (χ0) is 23.8. The molecule has 0 amide bonds. The molecule has 170 valence electrons. The molecule has 1 aromatic heterocycles. The molecule has 0 atom stereocenters. The van der Waals surface area contributed by atoms with Crippen molar-refractivity contribution in [2.75, 3.05) is 0 Å². The van der Waals surface area contributed by atoms with Gasteiger partial charge >= 0.3 is 24.6 Å². The van der Waals surface area contributed by atoms with Gasteiger partial charge in [0.25, 0.3) is 5.69 Å². The van der Waals surface area contributed by atoms with Crippen molar-refractivity contribution >= 4 is 22.8 Å². The molecule has 0 spiro atoms. The van der Waals surface area contributed by atoms with E-state index in [2.05, 4.69) is 4.98 Å².